The third kappa shape index (κ3) is 6.95. The maximum atomic E-state index is 9.07. The van der Waals surface area contributed by atoms with Crippen molar-refractivity contribution in [3.8, 4) is 61.8 Å². The second kappa shape index (κ2) is 16.5. The van der Waals surface area contributed by atoms with E-state index in [-0.39, 0.29) is 52.3 Å². The molecule has 0 radical (unpaired) electrons. The van der Waals surface area contributed by atoms with E-state index >= 15 is 0 Å². The number of rotatable bonds is 9. The van der Waals surface area contributed by atoms with Gasteiger partial charge in [0.15, 0.2) is 0 Å². The van der Waals surface area contributed by atoms with Gasteiger partial charge in [0.25, 0.3) is 0 Å². The molecule has 0 atom stereocenters. The highest BCUT2D eigenvalue weighted by molar-refractivity contribution is 6.11. The summed E-state index contributed by atoms with van der Waals surface area (Å²) in [5.74, 6) is 1.47. The normalized spacial score (nSPS) is 15.4. The van der Waals surface area contributed by atoms with Crippen molar-refractivity contribution in [3.63, 3.8) is 0 Å². The number of nitrogens with zero attached hydrogens (tertiary/aromatic N) is 4. The Hall–Kier alpha value is -8.67. The zero-order valence-electron chi connectivity index (χ0n) is 50.3. The monoisotopic (exact) mass is 863 g/mol. The van der Waals surface area contributed by atoms with Crippen LogP contribution in [0.25, 0.3) is 72.1 Å². The Morgan fingerprint density at radius 2 is 1.09 bits per heavy atom. The van der Waals surface area contributed by atoms with Gasteiger partial charge in [-0.1, -0.05) is 163 Å². The molecule has 66 heavy (non-hydrogen) atoms. The van der Waals surface area contributed by atoms with E-state index in [0.29, 0.717) is 45.5 Å². The van der Waals surface area contributed by atoms with E-state index in [4.69, 9.17) is 30.3 Å². The third-order valence-corrected chi connectivity index (χ3v) is 11.9. The van der Waals surface area contributed by atoms with E-state index in [9.17, 15) is 0 Å². The van der Waals surface area contributed by atoms with E-state index in [0.717, 1.165) is 32.9 Å². The molecule has 5 nitrogen and oxygen atoms in total. The first kappa shape index (κ1) is 26.2. The van der Waals surface area contributed by atoms with Crippen molar-refractivity contribution >= 4 is 44.6 Å². The second-order valence-electron chi connectivity index (χ2n) is 15.8. The molecule has 0 aliphatic carbocycles. The van der Waals surface area contributed by atoms with Crippen LogP contribution in [0.4, 0.5) is 22.7 Å². The first-order chi connectivity index (χ1) is 38.9. The van der Waals surface area contributed by atoms with Crippen LogP contribution in [-0.4, -0.2) is 16.2 Å². The van der Waals surface area contributed by atoms with E-state index in [2.05, 4.69) is 6.07 Å². The number of aromatic nitrogens is 2. The predicted octanol–water partition coefficient (Wildman–Crippen LogP) is 16.2. The van der Waals surface area contributed by atoms with Crippen LogP contribution in [0.2, 0.25) is 0 Å². The largest absolute Gasteiger partial charge is 0.457 e. The number of ether oxygens (including phenoxy) is 1. The molecule has 1 aliphatic heterocycles. The van der Waals surface area contributed by atoms with Crippen molar-refractivity contribution in [2.24, 2.45) is 0 Å². The molecule has 0 spiro atoms. The molecule has 1 aliphatic rings. The average molecular weight is 864 g/mol. The fourth-order valence-corrected chi connectivity index (χ4v) is 8.92. The van der Waals surface area contributed by atoms with Gasteiger partial charge in [-0.25, -0.2) is 4.98 Å². The summed E-state index contributed by atoms with van der Waals surface area (Å²) in [6, 6.07) is 36.3. The van der Waals surface area contributed by atoms with Gasteiger partial charge < -0.3 is 14.5 Å². The predicted molar refractivity (Wildman–Crippen MR) is 274 cm³/mol. The van der Waals surface area contributed by atoms with Crippen LogP contribution in [0, 0.1) is 6.92 Å². The number of fused-ring (bicyclic) bond motifs is 4. The summed E-state index contributed by atoms with van der Waals surface area (Å²) in [6.07, 6.45) is 1.54. The Morgan fingerprint density at radius 1 is 0.470 bits per heavy atom. The summed E-state index contributed by atoms with van der Waals surface area (Å²) in [6.45, 7) is 1.88. The van der Waals surface area contributed by atoms with Crippen LogP contribution in [-0.2, 0) is 0 Å². The number of para-hydroxylation sites is 3. The Balaban J connectivity index is 0.967. The van der Waals surface area contributed by atoms with Gasteiger partial charge in [0.05, 0.1) is 48.7 Å². The smallest absolute Gasteiger partial charge is 0.137 e. The molecule has 0 fully saturated rings. The Kier molecular flexibility index (Phi) is 6.54. The van der Waals surface area contributed by atoms with E-state index < -0.39 is 78.6 Å². The van der Waals surface area contributed by atoms with Crippen LogP contribution in [0.5, 0.6) is 11.5 Å². The van der Waals surface area contributed by atoms with E-state index in [1.807, 2.05) is 137 Å². The van der Waals surface area contributed by atoms with Crippen molar-refractivity contribution in [2.45, 2.75) is 6.92 Å². The lowest BCUT2D eigenvalue weighted by molar-refractivity contribution is 0.483. The Labute approximate surface area is 405 Å². The zero-order chi connectivity index (χ0) is 57.0. The van der Waals surface area contributed by atoms with Crippen molar-refractivity contribution in [1.29, 1.82) is 0 Å². The SMILES string of the molecule is [2H]c1c([2H])c([2H])c(-c2cnc(-n3c4ccc(-c5ccccc5)cc4c4ccc(Oc5cccc(N6CN(c7c(-c8c([2H])c([2H])c([2H])c([2H])c8[2H])cccc7-c7c([2H])c([2H])c([2H])c([2H])c7[2H])c7ccccc76)c5)cc43)cc2C)c([2H])c1[2H]. The van der Waals surface area contributed by atoms with Gasteiger partial charge in [0.1, 0.15) is 24.0 Å². The summed E-state index contributed by atoms with van der Waals surface area (Å²) in [5, 5.41) is 1.84. The van der Waals surface area contributed by atoms with E-state index in [1.165, 1.54) is 0 Å². The summed E-state index contributed by atoms with van der Waals surface area (Å²) >= 11 is 0. The first-order valence-electron chi connectivity index (χ1n) is 28.7. The summed E-state index contributed by atoms with van der Waals surface area (Å²) < 4.78 is 138. The van der Waals surface area contributed by atoms with Crippen molar-refractivity contribution in [2.75, 3.05) is 16.5 Å². The maximum absolute atomic E-state index is 9.07. The van der Waals surface area contributed by atoms with Crippen LogP contribution in [0.3, 0.4) is 0 Å². The molecule has 9 aromatic carbocycles. The lowest BCUT2D eigenvalue weighted by Gasteiger charge is -2.27. The third-order valence-electron chi connectivity index (χ3n) is 11.9. The van der Waals surface area contributed by atoms with Crippen molar-refractivity contribution < 1.29 is 25.3 Å². The number of aryl methyl sites for hydroxylation is 1. The lowest BCUT2D eigenvalue weighted by Crippen LogP contribution is -2.24. The number of hydrogen-bond acceptors (Lipinski definition) is 4. The molecule has 314 valence electrons. The second-order valence-corrected chi connectivity index (χ2v) is 15.8. The van der Waals surface area contributed by atoms with E-state index in [1.54, 1.807) is 24.4 Å². The molecule has 2 aromatic heterocycles. The molecule has 0 bridgehead atoms. The highest BCUT2D eigenvalue weighted by atomic mass is 16.5. The average Bonchev–Trinajstić information content (AvgIpc) is 4.18. The van der Waals surface area contributed by atoms with Gasteiger partial charge in [0.2, 0.25) is 0 Å². The topological polar surface area (TPSA) is 33.5 Å². The van der Waals surface area contributed by atoms with Crippen LogP contribution in [0.1, 0.15) is 26.1 Å². The first-order valence-corrected chi connectivity index (χ1v) is 21.2. The number of pyridine rings is 1. The molecule has 0 saturated carbocycles. The van der Waals surface area contributed by atoms with Crippen LogP contribution >= 0.6 is 0 Å². The molecule has 11 aromatic rings. The zero-order valence-corrected chi connectivity index (χ0v) is 35.3. The van der Waals surface area contributed by atoms with Crippen LogP contribution in [0.15, 0.2) is 236 Å². The standard InChI is InChI=1S/C61H44N4O/c1-42-36-60(62-40-55(42)46-24-12-5-13-25-46)65-56-35-32-47(43-18-6-2-7-19-43)37-54(56)53-34-33-50(39-59(53)65)66-49-27-16-26-48(38-49)63-41-64(58-31-15-14-30-57(58)63)61-51(44-20-8-3-9-21-44)28-17-29-52(61)45-22-10-4-11-23-45/h2-40H,41H2,1H3/i3D,4D,5D,8D,9D,10D,11D,12D,13D,20D,21D,22D,23D,24D,25D. The highest BCUT2D eigenvalue weighted by Gasteiger charge is 2.31. The molecule has 0 amide bonds. The maximum Gasteiger partial charge on any atom is 0.137 e. The van der Waals surface area contributed by atoms with Gasteiger partial charge in [-0.3, -0.25) is 4.57 Å². The van der Waals surface area contributed by atoms with Gasteiger partial charge in [0, 0.05) is 51.5 Å². The molecule has 5 heteroatoms. The number of benzene rings is 9. The molecule has 12 rings (SSSR count). The van der Waals surface area contributed by atoms with Gasteiger partial charge in [-0.05, 0) is 94.9 Å². The fraction of sp³-hybridized carbons (Fsp3) is 0.0328. The molecule has 0 unspecified atom stereocenters. The molecule has 3 heterocycles. The quantitative estimate of drug-likeness (QED) is 0.145. The Morgan fingerprint density at radius 3 is 1.77 bits per heavy atom. The summed E-state index contributed by atoms with van der Waals surface area (Å²) in [5.41, 5.74) is 7.12. The van der Waals surface area contributed by atoms with Crippen molar-refractivity contribution in [3.05, 3.63) is 242 Å². The van der Waals surface area contributed by atoms with Gasteiger partial charge in [-0.2, -0.15) is 0 Å². The number of hydrogen-bond donors (Lipinski definition) is 0. The van der Waals surface area contributed by atoms with Crippen molar-refractivity contribution in [1.82, 2.24) is 9.55 Å². The fourth-order valence-electron chi connectivity index (χ4n) is 8.92. The van der Waals surface area contributed by atoms with Gasteiger partial charge >= 0.3 is 0 Å². The minimum atomic E-state index is -0.577. The molecular formula is C61H44N4O. The molecule has 0 N–H and O–H groups in total. The van der Waals surface area contributed by atoms with Gasteiger partial charge in [-0.15, -0.1) is 0 Å². The minimum Gasteiger partial charge on any atom is -0.457 e. The summed E-state index contributed by atoms with van der Waals surface area (Å²) in [7, 11) is 0. The van der Waals surface area contributed by atoms with Crippen LogP contribution < -0.4 is 14.5 Å². The molecule has 0 saturated heterocycles. The Bertz CT molecular complexity index is 4300. The highest BCUT2D eigenvalue weighted by Crippen LogP contribution is 2.50. The summed E-state index contributed by atoms with van der Waals surface area (Å²) in [4.78, 5) is 8.75. The molecular weight excluding hydrogens is 805 g/mol. The number of anilines is 4. The minimum absolute atomic E-state index is 0.0582. The lowest BCUT2D eigenvalue weighted by atomic mass is 9.95.